The van der Waals surface area contributed by atoms with E-state index in [1.54, 1.807) is 6.07 Å². The van der Waals surface area contributed by atoms with E-state index in [2.05, 4.69) is 15.2 Å². The van der Waals surface area contributed by atoms with Gasteiger partial charge < -0.3 is 15.2 Å². The third kappa shape index (κ3) is 3.70. The minimum absolute atomic E-state index is 0.178. The van der Waals surface area contributed by atoms with Crippen LogP contribution < -0.4 is 10.9 Å². The molecule has 0 spiro atoms. The van der Waals surface area contributed by atoms with Crippen LogP contribution in [0.25, 0.3) is 0 Å². The first-order valence-corrected chi connectivity index (χ1v) is 6.45. The van der Waals surface area contributed by atoms with Crippen molar-refractivity contribution in [2.24, 2.45) is 0 Å². The number of aromatic nitrogens is 1. The number of amides is 1. The molecule has 98 valence electrons. The van der Waals surface area contributed by atoms with Crippen LogP contribution in [0.3, 0.4) is 0 Å². The zero-order chi connectivity index (χ0) is 12.8. The van der Waals surface area contributed by atoms with Crippen molar-refractivity contribution >= 4 is 5.91 Å². The molecule has 2 heterocycles. The molecular formula is C13H19N3O2. The molecule has 5 heteroatoms. The second-order valence-corrected chi connectivity index (χ2v) is 4.60. The number of rotatable bonds is 5. The monoisotopic (exact) mass is 249 g/mol. The van der Waals surface area contributed by atoms with Gasteiger partial charge in [-0.25, -0.2) is 0 Å². The number of carbonyl (C=O) groups is 1. The van der Waals surface area contributed by atoms with Gasteiger partial charge in [-0.1, -0.05) is 0 Å². The van der Waals surface area contributed by atoms with Crippen molar-refractivity contribution in [3.8, 4) is 0 Å². The van der Waals surface area contributed by atoms with Crippen molar-refractivity contribution < 1.29 is 4.79 Å². The number of likely N-dealkylation sites (tertiary alicyclic amines) is 1. The fourth-order valence-corrected chi connectivity index (χ4v) is 2.20. The first kappa shape index (κ1) is 12.8. The Morgan fingerprint density at radius 1 is 1.39 bits per heavy atom. The zero-order valence-electron chi connectivity index (χ0n) is 10.4. The highest BCUT2D eigenvalue weighted by Crippen LogP contribution is 2.06. The van der Waals surface area contributed by atoms with Gasteiger partial charge in [-0.2, -0.15) is 0 Å². The van der Waals surface area contributed by atoms with Crippen LogP contribution in [-0.4, -0.2) is 42.0 Å². The summed E-state index contributed by atoms with van der Waals surface area (Å²) in [5.74, 6) is -0.178. The molecule has 2 rings (SSSR count). The summed E-state index contributed by atoms with van der Waals surface area (Å²) in [7, 11) is 0. The van der Waals surface area contributed by atoms with Gasteiger partial charge in [-0.05, 0) is 45.0 Å². The van der Waals surface area contributed by atoms with Crippen LogP contribution >= 0.6 is 0 Å². The molecule has 0 aromatic carbocycles. The third-order valence-corrected chi connectivity index (χ3v) is 3.17. The molecule has 0 aliphatic carbocycles. The van der Waals surface area contributed by atoms with E-state index >= 15 is 0 Å². The molecule has 0 bridgehead atoms. The van der Waals surface area contributed by atoms with Crippen molar-refractivity contribution in [1.82, 2.24) is 15.2 Å². The molecule has 1 amide bonds. The molecule has 1 aromatic heterocycles. The lowest BCUT2D eigenvalue weighted by atomic mass is 10.2. The summed E-state index contributed by atoms with van der Waals surface area (Å²) in [5, 5.41) is 2.83. The first-order valence-electron chi connectivity index (χ1n) is 6.45. The lowest BCUT2D eigenvalue weighted by Crippen LogP contribution is -2.29. The van der Waals surface area contributed by atoms with E-state index in [9.17, 15) is 9.59 Å². The van der Waals surface area contributed by atoms with E-state index in [4.69, 9.17) is 0 Å². The maximum absolute atomic E-state index is 11.7. The number of hydrogen-bond acceptors (Lipinski definition) is 3. The number of H-pyrrole nitrogens is 1. The predicted octanol–water partition coefficient (Wildman–Crippen LogP) is 0.591. The van der Waals surface area contributed by atoms with E-state index in [1.165, 1.54) is 38.2 Å². The topological polar surface area (TPSA) is 65.2 Å². The van der Waals surface area contributed by atoms with Crippen molar-refractivity contribution in [2.75, 3.05) is 26.2 Å². The number of hydrogen-bond donors (Lipinski definition) is 2. The van der Waals surface area contributed by atoms with Gasteiger partial charge in [0.25, 0.3) is 5.91 Å². The van der Waals surface area contributed by atoms with Crippen molar-refractivity contribution in [2.45, 2.75) is 19.3 Å². The van der Waals surface area contributed by atoms with Crippen LogP contribution in [0.4, 0.5) is 0 Å². The van der Waals surface area contributed by atoms with Gasteiger partial charge in [0.15, 0.2) is 0 Å². The van der Waals surface area contributed by atoms with Crippen molar-refractivity contribution in [3.63, 3.8) is 0 Å². The molecule has 1 fully saturated rings. The normalized spacial score (nSPS) is 15.8. The molecule has 1 aliphatic rings. The lowest BCUT2D eigenvalue weighted by molar-refractivity contribution is 0.0952. The van der Waals surface area contributed by atoms with Gasteiger partial charge in [0.2, 0.25) is 5.56 Å². The number of aromatic amines is 1. The fourth-order valence-electron chi connectivity index (χ4n) is 2.20. The van der Waals surface area contributed by atoms with Crippen LogP contribution in [0.15, 0.2) is 23.1 Å². The summed E-state index contributed by atoms with van der Waals surface area (Å²) in [6.07, 6.45) is 5.02. The average molecular weight is 249 g/mol. The molecule has 1 aromatic rings. The number of carbonyl (C=O) groups excluding carboxylic acids is 1. The smallest absolute Gasteiger partial charge is 0.251 e. The van der Waals surface area contributed by atoms with Gasteiger partial charge in [0.1, 0.15) is 0 Å². The molecule has 0 atom stereocenters. The summed E-state index contributed by atoms with van der Waals surface area (Å²) >= 11 is 0. The Kier molecular flexibility index (Phi) is 4.52. The van der Waals surface area contributed by atoms with E-state index < -0.39 is 0 Å². The first-order chi connectivity index (χ1) is 8.75. The summed E-state index contributed by atoms with van der Waals surface area (Å²) in [5.41, 5.74) is 0.166. The fraction of sp³-hybridized carbons (Fsp3) is 0.538. The Morgan fingerprint density at radius 3 is 2.89 bits per heavy atom. The van der Waals surface area contributed by atoms with Crippen LogP contribution in [-0.2, 0) is 0 Å². The highest BCUT2D eigenvalue weighted by Gasteiger charge is 2.10. The number of nitrogens with zero attached hydrogens (tertiary/aromatic N) is 1. The van der Waals surface area contributed by atoms with Crippen LogP contribution in [0.5, 0.6) is 0 Å². The molecule has 0 saturated carbocycles. The molecule has 0 radical (unpaired) electrons. The summed E-state index contributed by atoms with van der Waals surface area (Å²) < 4.78 is 0. The number of pyridine rings is 1. The Morgan fingerprint density at radius 2 is 2.17 bits per heavy atom. The maximum atomic E-state index is 11.7. The van der Waals surface area contributed by atoms with Gasteiger partial charge in [0.05, 0.1) is 0 Å². The maximum Gasteiger partial charge on any atom is 0.251 e. The van der Waals surface area contributed by atoms with E-state index in [0.29, 0.717) is 12.1 Å². The van der Waals surface area contributed by atoms with E-state index in [1.807, 2.05) is 0 Å². The molecule has 0 unspecified atom stereocenters. The molecule has 1 aliphatic heterocycles. The zero-order valence-corrected chi connectivity index (χ0v) is 10.4. The highest BCUT2D eigenvalue weighted by molar-refractivity contribution is 5.93. The molecule has 1 saturated heterocycles. The van der Waals surface area contributed by atoms with Crippen molar-refractivity contribution in [3.05, 3.63) is 34.2 Å². The van der Waals surface area contributed by atoms with Crippen LogP contribution in [0.2, 0.25) is 0 Å². The van der Waals surface area contributed by atoms with Crippen LogP contribution in [0.1, 0.15) is 29.6 Å². The SMILES string of the molecule is O=C(NCCCN1CCCC1)c1cc[nH]c(=O)c1. The number of nitrogens with one attached hydrogen (secondary N) is 2. The van der Waals surface area contributed by atoms with Gasteiger partial charge in [-0.3, -0.25) is 9.59 Å². The highest BCUT2D eigenvalue weighted by atomic mass is 16.2. The second kappa shape index (κ2) is 6.35. The summed E-state index contributed by atoms with van der Waals surface area (Å²) in [6.45, 7) is 4.06. The van der Waals surface area contributed by atoms with Gasteiger partial charge in [-0.15, -0.1) is 0 Å². The minimum atomic E-state index is -0.250. The van der Waals surface area contributed by atoms with E-state index in [0.717, 1.165) is 13.0 Å². The van der Waals surface area contributed by atoms with Crippen LogP contribution in [0, 0.1) is 0 Å². The molecule has 18 heavy (non-hydrogen) atoms. The summed E-state index contributed by atoms with van der Waals surface area (Å²) in [6, 6.07) is 2.92. The van der Waals surface area contributed by atoms with Gasteiger partial charge in [0, 0.05) is 24.4 Å². The van der Waals surface area contributed by atoms with Crippen molar-refractivity contribution in [1.29, 1.82) is 0 Å². The third-order valence-electron chi connectivity index (χ3n) is 3.17. The van der Waals surface area contributed by atoms with Gasteiger partial charge >= 0.3 is 0 Å². The largest absolute Gasteiger partial charge is 0.352 e. The Bertz CT molecular complexity index is 450. The summed E-state index contributed by atoms with van der Waals surface area (Å²) in [4.78, 5) is 27.7. The average Bonchev–Trinajstić information content (AvgIpc) is 2.87. The lowest BCUT2D eigenvalue weighted by Gasteiger charge is -2.14. The minimum Gasteiger partial charge on any atom is -0.352 e. The molecule has 2 N–H and O–H groups in total. The Balaban J connectivity index is 1.70. The molecular weight excluding hydrogens is 230 g/mol. The Labute approximate surface area is 106 Å². The van der Waals surface area contributed by atoms with E-state index in [-0.39, 0.29) is 11.5 Å². The predicted molar refractivity (Wildman–Crippen MR) is 69.7 cm³/mol. The second-order valence-electron chi connectivity index (χ2n) is 4.60. The Hall–Kier alpha value is -1.62. The quantitative estimate of drug-likeness (QED) is 0.751. The molecule has 5 nitrogen and oxygen atoms in total. The standard InChI is InChI=1S/C13H19N3O2/c17-12-10-11(4-6-14-12)13(18)15-5-3-9-16-7-1-2-8-16/h4,6,10H,1-3,5,7-9H2,(H,14,17)(H,15,18).